The van der Waals surface area contributed by atoms with Gasteiger partial charge in [-0.3, -0.25) is 9.59 Å². The summed E-state index contributed by atoms with van der Waals surface area (Å²) in [4.78, 5) is 35.2. The molecule has 1 aliphatic carbocycles. The lowest BCUT2D eigenvalue weighted by Crippen LogP contribution is -2.53. The van der Waals surface area contributed by atoms with E-state index in [1.807, 2.05) is 0 Å². The van der Waals surface area contributed by atoms with Gasteiger partial charge in [-0.15, -0.1) is 11.8 Å². The quantitative estimate of drug-likeness (QED) is 0.577. The minimum Gasteiger partial charge on any atom is -0.353 e. The van der Waals surface area contributed by atoms with Crippen LogP contribution < -0.4 is 21.3 Å². The van der Waals surface area contributed by atoms with Crippen molar-refractivity contribution in [1.29, 1.82) is 0 Å². The summed E-state index contributed by atoms with van der Waals surface area (Å²) in [6, 6.07) is 0.290. The second kappa shape index (κ2) is 7.85. The fourth-order valence-corrected chi connectivity index (χ4v) is 5.17. The van der Waals surface area contributed by atoms with E-state index in [4.69, 9.17) is 0 Å². The molecule has 7 nitrogen and oxygen atoms in total. The number of urea groups is 1. The third kappa shape index (κ3) is 4.59. The first kappa shape index (κ1) is 18.4. The van der Waals surface area contributed by atoms with Crippen LogP contribution in [0.3, 0.4) is 0 Å². The molecule has 2 heterocycles. The summed E-state index contributed by atoms with van der Waals surface area (Å²) in [6.45, 7) is 4.76. The van der Waals surface area contributed by atoms with Crippen molar-refractivity contribution < 1.29 is 14.4 Å². The van der Waals surface area contributed by atoms with E-state index in [2.05, 4.69) is 35.1 Å². The van der Waals surface area contributed by atoms with Crippen molar-refractivity contribution >= 4 is 29.6 Å². The van der Waals surface area contributed by atoms with Crippen molar-refractivity contribution in [3.05, 3.63) is 0 Å². The average Bonchev–Trinajstić information content (AvgIpc) is 2.94. The Balaban J connectivity index is 1.41. The lowest BCUT2D eigenvalue weighted by molar-refractivity contribution is -0.120. The van der Waals surface area contributed by atoms with E-state index in [9.17, 15) is 14.4 Å². The minimum atomic E-state index is -0.166. The molecule has 25 heavy (non-hydrogen) atoms. The maximum Gasteiger partial charge on any atom is 0.315 e. The zero-order chi connectivity index (χ0) is 18.0. The monoisotopic (exact) mass is 368 g/mol. The summed E-state index contributed by atoms with van der Waals surface area (Å²) in [7, 11) is 0. The van der Waals surface area contributed by atoms with Crippen molar-refractivity contribution in [1.82, 2.24) is 21.3 Å². The molecule has 6 atom stereocenters. The Hall–Kier alpha value is -1.44. The second-order valence-electron chi connectivity index (χ2n) is 7.63. The average molecular weight is 369 g/mol. The largest absolute Gasteiger partial charge is 0.353 e. The van der Waals surface area contributed by atoms with Gasteiger partial charge in [0.1, 0.15) is 0 Å². The lowest BCUT2D eigenvalue weighted by Gasteiger charge is -2.35. The first-order valence-electron chi connectivity index (χ1n) is 9.17. The highest BCUT2D eigenvalue weighted by Gasteiger charge is 2.39. The number of carbonyl (C=O) groups excluding carboxylic acids is 3. The smallest absolute Gasteiger partial charge is 0.315 e. The van der Waals surface area contributed by atoms with Crippen molar-refractivity contribution in [3.8, 4) is 0 Å². The molecule has 2 saturated heterocycles. The molecule has 3 aliphatic rings. The van der Waals surface area contributed by atoms with Crippen LogP contribution in [-0.4, -0.2) is 47.6 Å². The van der Waals surface area contributed by atoms with Crippen LogP contribution in [0.15, 0.2) is 0 Å². The lowest BCUT2D eigenvalue weighted by atomic mass is 9.76. The topological polar surface area (TPSA) is 99.3 Å². The van der Waals surface area contributed by atoms with Gasteiger partial charge in [0.25, 0.3) is 0 Å². The summed E-state index contributed by atoms with van der Waals surface area (Å²) >= 11 is 1.48. The maximum absolute atomic E-state index is 12.3. The number of carbonyl (C=O) groups is 3. The van der Waals surface area contributed by atoms with E-state index >= 15 is 0 Å². The fourth-order valence-electron chi connectivity index (χ4n) is 4.14. The van der Waals surface area contributed by atoms with Crippen LogP contribution in [0.4, 0.5) is 4.79 Å². The van der Waals surface area contributed by atoms with Crippen molar-refractivity contribution in [2.45, 2.75) is 57.0 Å². The maximum atomic E-state index is 12.3. The predicted molar refractivity (Wildman–Crippen MR) is 96.9 cm³/mol. The van der Waals surface area contributed by atoms with Gasteiger partial charge in [-0.05, 0) is 38.0 Å². The van der Waals surface area contributed by atoms with Crippen LogP contribution in [-0.2, 0) is 9.59 Å². The van der Waals surface area contributed by atoms with E-state index < -0.39 is 0 Å². The standard InChI is InChI=1S/C17H28N4O3S/c1-9-7-18-17(24)21-16(9)25-8-15(23)19-10(2)11-3-4-13-12(5-11)6-14(22)20-13/h9-13,16H,3-8H2,1-2H3,(H,19,23)(H,20,22)(H2,18,21,24). The van der Waals surface area contributed by atoms with Gasteiger partial charge >= 0.3 is 6.03 Å². The second-order valence-corrected chi connectivity index (χ2v) is 8.76. The van der Waals surface area contributed by atoms with E-state index in [-0.39, 0.29) is 35.2 Å². The molecule has 1 saturated carbocycles. The van der Waals surface area contributed by atoms with E-state index in [0.717, 1.165) is 19.3 Å². The van der Waals surface area contributed by atoms with Crippen molar-refractivity contribution in [2.75, 3.05) is 12.3 Å². The Morgan fingerprint density at radius 3 is 2.92 bits per heavy atom. The third-order valence-corrected chi connectivity index (χ3v) is 7.05. The SMILES string of the molecule is CC1CNC(=O)NC1SCC(=O)NC(C)C1CCC2NC(=O)CC2C1. The van der Waals surface area contributed by atoms with Crippen LogP contribution in [0.5, 0.6) is 0 Å². The highest BCUT2D eigenvalue weighted by molar-refractivity contribution is 8.00. The van der Waals surface area contributed by atoms with Crippen LogP contribution >= 0.6 is 11.8 Å². The molecule has 6 unspecified atom stereocenters. The Labute approximate surface area is 152 Å². The van der Waals surface area contributed by atoms with Crippen molar-refractivity contribution in [2.24, 2.45) is 17.8 Å². The Bertz CT molecular complexity index is 544. The molecule has 140 valence electrons. The zero-order valence-corrected chi connectivity index (χ0v) is 15.7. The van der Waals surface area contributed by atoms with Gasteiger partial charge in [0.05, 0.1) is 11.1 Å². The van der Waals surface area contributed by atoms with Gasteiger partial charge in [0.15, 0.2) is 0 Å². The van der Waals surface area contributed by atoms with Gasteiger partial charge in [-0.25, -0.2) is 4.79 Å². The Morgan fingerprint density at radius 2 is 2.12 bits per heavy atom. The summed E-state index contributed by atoms with van der Waals surface area (Å²) in [5.41, 5.74) is 0. The molecule has 0 aromatic rings. The number of hydrogen-bond donors (Lipinski definition) is 4. The summed E-state index contributed by atoms with van der Waals surface area (Å²) < 4.78 is 0. The molecular formula is C17H28N4O3S. The number of thioether (sulfide) groups is 1. The van der Waals surface area contributed by atoms with Gasteiger partial charge < -0.3 is 21.3 Å². The van der Waals surface area contributed by atoms with Crippen molar-refractivity contribution in [3.63, 3.8) is 0 Å². The molecule has 8 heteroatoms. The van der Waals surface area contributed by atoms with Crippen LogP contribution in [0, 0.1) is 17.8 Å². The van der Waals surface area contributed by atoms with Gasteiger partial charge in [-0.2, -0.15) is 0 Å². The summed E-state index contributed by atoms with van der Waals surface area (Å²) in [6.07, 6.45) is 3.68. The van der Waals surface area contributed by atoms with Gasteiger partial charge in [-0.1, -0.05) is 6.92 Å². The highest BCUT2D eigenvalue weighted by atomic mass is 32.2. The minimum absolute atomic E-state index is 0.0141. The summed E-state index contributed by atoms with van der Waals surface area (Å²) in [5, 5.41) is 11.8. The van der Waals surface area contributed by atoms with Crippen LogP contribution in [0.1, 0.15) is 39.5 Å². The predicted octanol–water partition coefficient (Wildman–Crippen LogP) is 0.804. The number of rotatable bonds is 5. The number of fused-ring (bicyclic) bond motifs is 1. The Kier molecular flexibility index (Phi) is 5.76. The number of hydrogen-bond acceptors (Lipinski definition) is 4. The van der Waals surface area contributed by atoms with E-state index in [1.54, 1.807) is 0 Å². The molecule has 3 fully saturated rings. The molecule has 0 aromatic heterocycles. The normalized spacial score (nSPS) is 35.8. The number of nitrogens with one attached hydrogen (secondary N) is 4. The van der Waals surface area contributed by atoms with Crippen LogP contribution in [0.25, 0.3) is 0 Å². The Morgan fingerprint density at radius 1 is 1.32 bits per heavy atom. The first-order chi connectivity index (χ1) is 11.9. The number of amides is 4. The molecule has 0 radical (unpaired) electrons. The van der Waals surface area contributed by atoms with Gasteiger partial charge in [0, 0.05) is 31.0 Å². The molecule has 0 spiro atoms. The zero-order valence-electron chi connectivity index (χ0n) is 14.8. The molecule has 0 bridgehead atoms. The first-order valence-corrected chi connectivity index (χ1v) is 10.2. The molecule has 4 amide bonds. The third-order valence-electron chi connectivity index (χ3n) is 5.68. The molecule has 3 rings (SSSR count). The molecule has 4 N–H and O–H groups in total. The molecule has 2 aliphatic heterocycles. The van der Waals surface area contributed by atoms with E-state index in [1.165, 1.54) is 11.8 Å². The summed E-state index contributed by atoms with van der Waals surface area (Å²) in [5.74, 6) is 1.67. The molecule has 0 aromatic carbocycles. The van der Waals surface area contributed by atoms with E-state index in [0.29, 0.717) is 36.6 Å². The van der Waals surface area contributed by atoms with Crippen LogP contribution in [0.2, 0.25) is 0 Å². The fraction of sp³-hybridized carbons (Fsp3) is 0.824. The van der Waals surface area contributed by atoms with Gasteiger partial charge in [0.2, 0.25) is 11.8 Å². The highest BCUT2D eigenvalue weighted by Crippen LogP contribution is 2.36. The molecular weight excluding hydrogens is 340 g/mol.